The molecular weight excluding hydrogens is 229 g/mol. The molecule has 1 aromatic carbocycles. The van der Waals surface area contributed by atoms with Crippen LogP contribution in [0.2, 0.25) is 0 Å². The Morgan fingerprint density at radius 2 is 2.19 bits per heavy atom. The summed E-state index contributed by atoms with van der Waals surface area (Å²) in [5.74, 6) is 0.0681. The maximum absolute atomic E-state index is 13.1. The summed E-state index contributed by atoms with van der Waals surface area (Å²) >= 11 is 5.81. The molecule has 0 aliphatic rings. The number of hydrogen-bond donors (Lipinski definition) is 0. The Bertz CT molecular complexity index is 333. The summed E-state index contributed by atoms with van der Waals surface area (Å²) in [6.07, 6.45) is 0. The Kier molecular flexibility index (Phi) is 5.56. The molecule has 0 amide bonds. The second-order valence-corrected chi connectivity index (χ2v) is 3.75. The number of benzene rings is 1. The molecule has 90 valence electrons. The zero-order valence-electron chi connectivity index (χ0n) is 9.67. The van der Waals surface area contributed by atoms with Gasteiger partial charge in [0.2, 0.25) is 0 Å². The fourth-order valence-corrected chi connectivity index (χ4v) is 1.83. The molecule has 16 heavy (non-hydrogen) atoms. The molecule has 0 atom stereocenters. The minimum atomic E-state index is -0.248. The molecule has 0 N–H and O–H groups in total. The van der Waals surface area contributed by atoms with Crippen LogP contribution in [0, 0.1) is 5.82 Å². The Morgan fingerprint density at radius 1 is 1.44 bits per heavy atom. The number of likely N-dealkylation sites (N-methyl/N-ethyl adjacent to an activating group) is 1. The maximum Gasteiger partial charge on any atom is 0.123 e. The number of rotatable bonds is 6. The minimum Gasteiger partial charge on any atom is -0.383 e. The Hall–Kier alpha value is -0.800. The number of hydrogen-bond acceptors (Lipinski definition) is 2. The lowest BCUT2D eigenvalue weighted by molar-refractivity contribution is 0.205. The van der Waals surface area contributed by atoms with Gasteiger partial charge >= 0.3 is 0 Å². The Balaban J connectivity index is 2.90. The molecule has 0 heterocycles. The van der Waals surface area contributed by atoms with E-state index in [1.165, 1.54) is 12.1 Å². The largest absolute Gasteiger partial charge is 0.383 e. The van der Waals surface area contributed by atoms with E-state index < -0.39 is 0 Å². The van der Waals surface area contributed by atoms with Crippen LogP contribution in [-0.2, 0) is 10.6 Å². The van der Waals surface area contributed by atoms with Crippen LogP contribution in [0.15, 0.2) is 18.2 Å². The highest BCUT2D eigenvalue weighted by atomic mass is 35.5. The third-order valence-electron chi connectivity index (χ3n) is 2.47. The SMILES string of the molecule is CCN(CCOC)c1ccc(F)cc1CCl. The molecule has 0 radical (unpaired) electrons. The summed E-state index contributed by atoms with van der Waals surface area (Å²) < 4.78 is 18.1. The zero-order valence-corrected chi connectivity index (χ0v) is 10.4. The van der Waals surface area contributed by atoms with E-state index in [1.54, 1.807) is 13.2 Å². The summed E-state index contributed by atoms with van der Waals surface area (Å²) in [6, 6.07) is 4.71. The van der Waals surface area contributed by atoms with Gasteiger partial charge < -0.3 is 9.64 Å². The lowest BCUT2D eigenvalue weighted by Crippen LogP contribution is -2.27. The molecule has 0 unspecified atom stereocenters. The van der Waals surface area contributed by atoms with Crippen molar-refractivity contribution in [3.63, 3.8) is 0 Å². The van der Waals surface area contributed by atoms with Gasteiger partial charge in [0.1, 0.15) is 5.82 Å². The molecule has 0 bridgehead atoms. The van der Waals surface area contributed by atoms with Gasteiger partial charge in [0.05, 0.1) is 6.61 Å². The summed E-state index contributed by atoms with van der Waals surface area (Å²) in [4.78, 5) is 2.13. The Morgan fingerprint density at radius 3 is 2.75 bits per heavy atom. The fourth-order valence-electron chi connectivity index (χ4n) is 1.62. The van der Waals surface area contributed by atoms with E-state index in [-0.39, 0.29) is 5.82 Å². The monoisotopic (exact) mass is 245 g/mol. The maximum atomic E-state index is 13.1. The van der Waals surface area contributed by atoms with E-state index in [0.29, 0.717) is 12.5 Å². The first-order chi connectivity index (χ1) is 7.72. The second kappa shape index (κ2) is 6.71. The van der Waals surface area contributed by atoms with E-state index in [4.69, 9.17) is 16.3 Å². The van der Waals surface area contributed by atoms with Crippen molar-refractivity contribution in [1.82, 2.24) is 0 Å². The first kappa shape index (κ1) is 13.3. The number of methoxy groups -OCH3 is 1. The van der Waals surface area contributed by atoms with E-state index in [9.17, 15) is 4.39 Å². The predicted octanol–water partition coefficient (Wildman–Crippen LogP) is 3.04. The van der Waals surface area contributed by atoms with Crippen molar-refractivity contribution >= 4 is 17.3 Å². The van der Waals surface area contributed by atoms with E-state index in [2.05, 4.69) is 11.8 Å². The van der Waals surface area contributed by atoms with E-state index in [0.717, 1.165) is 24.3 Å². The van der Waals surface area contributed by atoms with Gasteiger partial charge in [-0.25, -0.2) is 4.39 Å². The molecule has 0 aliphatic carbocycles. The van der Waals surface area contributed by atoms with Crippen molar-refractivity contribution in [1.29, 1.82) is 0 Å². The highest BCUT2D eigenvalue weighted by Gasteiger charge is 2.09. The van der Waals surface area contributed by atoms with Crippen molar-refractivity contribution in [2.45, 2.75) is 12.8 Å². The predicted molar refractivity (Wildman–Crippen MR) is 65.7 cm³/mol. The highest BCUT2D eigenvalue weighted by molar-refractivity contribution is 6.17. The van der Waals surface area contributed by atoms with Gasteiger partial charge in [0, 0.05) is 31.8 Å². The number of alkyl halides is 1. The van der Waals surface area contributed by atoms with E-state index >= 15 is 0 Å². The smallest absolute Gasteiger partial charge is 0.123 e. The molecule has 0 aliphatic heterocycles. The molecular formula is C12H17ClFNO. The van der Waals surface area contributed by atoms with Crippen LogP contribution in [-0.4, -0.2) is 26.8 Å². The minimum absolute atomic E-state index is 0.248. The fraction of sp³-hybridized carbons (Fsp3) is 0.500. The van der Waals surface area contributed by atoms with Crippen LogP contribution in [0.5, 0.6) is 0 Å². The van der Waals surface area contributed by atoms with Crippen molar-refractivity contribution in [3.8, 4) is 0 Å². The van der Waals surface area contributed by atoms with Gasteiger partial charge in [-0.3, -0.25) is 0 Å². The Labute approximate surface area is 101 Å². The van der Waals surface area contributed by atoms with Gasteiger partial charge in [-0.1, -0.05) is 0 Å². The molecule has 2 nitrogen and oxygen atoms in total. The van der Waals surface area contributed by atoms with Crippen LogP contribution < -0.4 is 4.90 Å². The molecule has 1 aromatic rings. The van der Waals surface area contributed by atoms with Gasteiger partial charge in [0.15, 0.2) is 0 Å². The number of halogens is 2. The normalized spacial score (nSPS) is 10.5. The zero-order chi connectivity index (χ0) is 12.0. The van der Waals surface area contributed by atoms with Crippen LogP contribution in [0.4, 0.5) is 10.1 Å². The average molecular weight is 246 g/mol. The topological polar surface area (TPSA) is 12.5 Å². The number of anilines is 1. The average Bonchev–Trinajstić information content (AvgIpc) is 2.31. The standard InChI is InChI=1S/C12H17ClFNO/c1-3-15(6-7-16-2)12-5-4-11(14)8-10(12)9-13/h4-5,8H,3,6-7,9H2,1-2H3. The third-order valence-corrected chi connectivity index (χ3v) is 2.76. The molecule has 0 fully saturated rings. The molecule has 0 saturated carbocycles. The van der Waals surface area contributed by atoms with Gasteiger partial charge in [-0.05, 0) is 30.7 Å². The van der Waals surface area contributed by atoms with Gasteiger partial charge in [-0.15, -0.1) is 11.6 Å². The van der Waals surface area contributed by atoms with Crippen LogP contribution >= 0.6 is 11.6 Å². The summed E-state index contributed by atoms with van der Waals surface area (Å²) in [5.41, 5.74) is 1.80. The van der Waals surface area contributed by atoms with Crippen molar-refractivity contribution in [2.24, 2.45) is 0 Å². The second-order valence-electron chi connectivity index (χ2n) is 3.48. The van der Waals surface area contributed by atoms with Crippen molar-refractivity contribution < 1.29 is 9.13 Å². The van der Waals surface area contributed by atoms with Crippen molar-refractivity contribution in [2.75, 3.05) is 31.7 Å². The number of ether oxygens (including phenoxy) is 1. The summed E-state index contributed by atoms with van der Waals surface area (Å²) in [7, 11) is 1.67. The highest BCUT2D eigenvalue weighted by Crippen LogP contribution is 2.23. The molecule has 0 saturated heterocycles. The van der Waals surface area contributed by atoms with E-state index in [1.807, 2.05) is 0 Å². The van der Waals surface area contributed by atoms with Crippen LogP contribution in [0.1, 0.15) is 12.5 Å². The molecule has 0 aromatic heterocycles. The molecule has 4 heteroatoms. The van der Waals surface area contributed by atoms with Gasteiger partial charge in [0.25, 0.3) is 0 Å². The summed E-state index contributed by atoms with van der Waals surface area (Å²) in [5, 5.41) is 0. The van der Waals surface area contributed by atoms with Crippen molar-refractivity contribution in [3.05, 3.63) is 29.6 Å². The third kappa shape index (κ3) is 3.35. The first-order valence-corrected chi connectivity index (χ1v) is 5.84. The van der Waals surface area contributed by atoms with Gasteiger partial charge in [-0.2, -0.15) is 0 Å². The quantitative estimate of drug-likeness (QED) is 0.715. The summed E-state index contributed by atoms with van der Waals surface area (Å²) in [6.45, 7) is 4.32. The lowest BCUT2D eigenvalue weighted by atomic mass is 10.1. The molecule has 0 spiro atoms. The number of nitrogens with zero attached hydrogens (tertiary/aromatic N) is 1. The first-order valence-electron chi connectivity index (χ1n) is 5.31. The van der Waals surface area contributed by atoms with Crippen LogP contribution in [0.25, 0.3) is 0 Å². The molecule has 1 rings (SSSR count). The lowest BCUT2D eigenvalue weighted by Gasteiger charge is -2.25. The van der Waals surface area contributed by atoms with Crippen LogP contribution in [0.3, 0.4) is 0 Å².